The molecule has 44 nitrogen and oxygen atoms in total. The number of aliphatic hydroxyl groups is 2. The third-order valence-electron chi connectivity index (χ3n) is 17.9. The zero-order valence-electron chi connectivity index (χ0n) is 54.8. The Labute approximate surface area is 614 Å². The van der Waals surface area contributed by atoms with Crippen molar-refractivity contribution in [2.24, 2.45) is 0 Å². The van der Waals surface area contributed by atoms with Gasteiger partial charge >= 0.3 is 47.8 Å². The largest absolute Gasteiger partial charge is 0.504 e. The number of ether oxygens (including phenoxy) is 11. The van der Waals surface area contributed by atoms with Crippen LogP contribution >= 0.6 is 0 Å². The highest BCUT2D eigenvalue weighted by atomic mass is 16.8. The monoisotopic (exact) mass is 1570 g/mol. The van der Waals surface area contributed by atoms with Crippen LogP contribution in [0.1, 0.15) is 82.9 Å². The third-order valence-corrected chi connectivity index (χ3v) is 17.9. The van der Waals surface area contributed by atoms with Gasteiger partial charge in [0.1, 0.15) is 43.2 Å². The number of esters is 8. The smallest absolute Gasteiger partial charge is 0.343 e. The van der Waals surface area contributed by atoms with Crippen molar-refractivity contribution < 1.29 is 218 Å². The summed E-state index contributed by atoms with van der Waals surface area (Å²) in [4.78, 5) is 117. The first-order valence-corrected chi connectivity index (χ1v) is 31.2. The molecular weight excluding hydrogens is 1520 g/mol. The maximum absolute atomic E-state index is 15.8. The highest BCUT2D eigenvalue weighted by Crippen LogP contribution is 2.60. The molecule has 44 heteroatoms. The first-order chi connectivity index (χ1) is 52.7. The topological polar surface area (TPSA) is 744 Å². The van der Waals surface area contributed by atoms with Crippen molar-refractivity contribution in [2.45, 2.75) is 61.4 Å². The van der Waals surface area contributed by atoms with Crippen molar-refractivity contribution in [3.63, 3.8) is 0 Å². The number of hydrogen-bond donors (Lipinski definition) is 25. The molecular formula is C68H48O44. The van der Waals surface area contributed by atoms with Gasteiger partial charge in [-0.2, -0.15) is 0 Å². The number of aliphatic hydroxyl groups excluding tert-OH is 2. The summed E-state index contributed by atoms with van der Waals surface area (Å²) in [5, 5.41) is 275. The standard InChI is InChI=1S/C68H48O44/c69-19-1-12(2-20(70)37(19)77)59(94)112-68-58-57(109-64(99)17-8-25(75)41(81)46(86)32(17)33-18(65(100)110-58)9-26(76)42(82)47(33)87)55-29(106-68)11-103-62(97)15-6-23(73)43(83)48(88)34(15)35-36(66(101)108-55)56(51(91)50(90)49(35)89)104-27-4-13(3-21(71)38(27)78)60(95)111-67-53(93)52(92)54-28(105-67)10-102-61(96)14-5-22(72)39(79)44(84)30(14)31-16(63(98)107-54)7-24(74)40(80)45(31)85/h1-9,28-29,52-55,57-58,67-93H,10-11H2. The van der Waals surface area contributed by atoms with Gasteiger partial charge in [-0.25, -0.2) is 38.4 Å². The molecule has 5 aliphatic heterocycles. The Hall–Kier alpha value is -15.4. The molecule has 112 heavy (non-hydrogen) atoms. The quantitative estimate of drug-likeness (QED) is 0.0640. The number of hydrogen-bond acceptors (Lipinski definition) is 44. The molecule has 2 saturated heterocycles. The molecule has 5 aliphatic rings. The minimum absolute atomic E-state index is 0.253. The van der Waals surface area contributed by atoms with Gasteiger partial charge in [-0.15, -0.1) is 0 Å². The number of carbonyl (C=O) groups excluding carboxylic acids is 8. The number of aromatic hydroxyl groups is 23. The summed E-state index contributed by atoms with van der Waals surface area (Å²) < 4.78 is 61.6. The second-order valence-electron chi connectivity index (χ2n) is 24.6. The van der Waals surface area contributed by atoms with Gasteiger partial charge in [0.15, 0.2) is 116 Å². The van der Waals surface area contributed by atoms with Crippen LogP contribution in [0.15, 0.2) is 54.6 Å². The number of carbonyl (C=O) groups is 8. The SMILES string of the molecule is O=C(OC1OC2COC(=O)c3cc(O)c(O)c(O)c3-c3c(cc(O)c(O)c3O)C(=O)OC2C(O)C1O)c1cc(O)c(O)c(Oc2c(O)c(O)c(O)c3c2C(=O)OC2C(COC(=O)c4cc(O)c(O)c(O)c4-3)OC(OC(=O)c3cc(O)c(O)c(O)c3)C3OC(=O)c4cc(O)c(O)c(O)c4-c4c(cc(O)c(O)c4O)C(=O)OC23)c1. The highest BCUT2D eigenvalue weighted by molar-refractivity contribution is 6.12. The Morgan fingerprint density at radius 2 is 0.616 bits per heavy atom. The fraction of sp³-hybridized carbons (Fsp3) is 0.176. The fourth-order valence-electron chi connectivity index (χ4n) is 12.5. The molecule has 584 valence electrons. The van der Waals surface area contributed by atoms with Crippen LogP contribution in [0.25, 0.3) is 33.4 Å². The Morgan fingerprint density at radius 1 is 0.295 bits per heavy atom. The summed E-state index contributed by atoms with van der Waals surface area (Å²) in [7, 11) is 0. The number of rotatable bonds is 6. The average Bonchev–Trinajstić information content (AvgIpc) is 1.04. The van der Waals surface area contributed by atoms with Crippen molar-refractivity contribution >= 4 is 47.8 Å². The second-order valence-corrected chi connectivity index (χ2v) is 24.6. The molecule has 25 N–H and O–H groups in total. The lowest BCUT2D eigenvalue weighted by Gasteiger charge is -2.44. The van der Waals surface area contributed by atoms with Crippen molar-refractivity contribution in [3.05, 3.63) is 99.1 Å². The van der Waals surface area contributed by atoms with Crippen LogP contribution in [-0.4, -0.2) is 250 Å². The highest BCUT2D eigenvalue weighted by Gasteiger charge is 2.57. The van der Waals surface area contributed by atoms with E-state index in [9.17, 15) is 156 Å². The molecule has 0 bridgehead atoms. The lowest BCUT2D eigenvalue weighted by molar-refractivity contribution is -0.284. The number of cyclic esters (lactones) is 2. The van der Waals surface area contributed by atoms with E-state index in [0.717, 1.165) is 0 Å². The first kappa shape index (κ1) is 74.8. The normalized spacial score (nSPS) is 21.3. The third kappa shape index (κ3) is 12.0. The van der Waals surface area contributed by atoms with E-state index >= 15 is 9.59 Å². The van der Waals surface area contributed by atoms with Crippen LogP contribution in [-0.2, 0) is 47.4 Å². The maximum atomic E-state index is 15.8. The molecule has 2 fully saturated rings. The molecule has 0 spiro atoms. The number of phenols is 23. The van der Waals surface area contributed by atoms with Gasteiger partial charge in [0, 0.05) is 27.8 Å². The molecule has 10 unspecified atom stereocenters. The maximum Gasteiger partial charge on any atom is 0.343 e. The van der Waals surface area contributed by atoms with E-state index < -0.39 is 344 Å². The second kappa shape index (κ2) is 27.1. The number of phenolic OH excluding ortho intramolecular Hbond substituents is 23. The van der Waals surface area contributed by atoms with E-state index in [1.165, 1.54) is 0 Å². The van der Waals surface area contributed by atoms with Crippen LogP contribution in [0.5, 0.6) is 144 Å². The predicted molar refractivity (Wildman–Crippen MR) is 344 cm³/mol. The number of benzene rings is 8. The van der Waals surface area contributed by atoms with E-state index in [0.29, 0.717) is 42.5 Å². The van der Waals surface area contributed by atoms with Gasteiger partial charge in [-0.3, -0.25) is 0 Å². The molecule has 0 saturated carbocycles. The van der Waals surface area contributed by atoms with E-state index in [2.05, 4.69) is 0 Å². The Bertz CT molecular complexity index is 5480. The van der Waals surface area contributed by atoms with Gasteiger partial charge in [0.25, 0.3) is 0 Å². The summed E-state index contributed by atoms with van der Waals surface area (Å²) in [5.41, 5.74) is -17.5. The Morgan fingerprint density at radius 3 is 1.04 bits per heavy atom. The molecule has 13 rings (SSSR count). The molecule has 8 aromatic rings. The van der Waals surface area contributed by atoms with Crippen LogP contribution in [0, 0.1) is 0 Å². The van der Waals surface area contributed by atoms with Crippen molar-refractivity contribution in [1.29, 1.82) is 0 Å². The fourth-order valence-corrected chi connectivity index (χ4v) is 12.5. The van der Waals surface area contributed by atoms with Crippen molar-refractivity contribution in [1.82, 2.24) is 0 Å². The number of fused-ring (bicyclic) bond motifs is 13. The summed E-state index contributed by atoms with van der Waals surface area (Å²) in [5.74, 6) is -53.2. The lowest BCUT2D eigenvalue weighted by atomic mass is 9.90. The summed E-state index contributed by atoms with van der Waals surface area (Å²) >= 11 is 0. The first-order valence-electron chi connectivity index (χ1n) is 31.2. The van der Waals surface area contributed by atoms with Crippen molar-refractivity contribution in [3.8, 4) is 177 Å². The molecule has 0 aliphatic carbocycles. The van der Waals surface area contributed by atoms with Crippen LogP contribution in [0.3, 0.4) is 0 Å². The predicted octanol–water partition coefficient (Wildman–Crippen LogP) is 1.75. The van der Waals surface area contributed by atoms with Gasteiger partial charge < -0.3 is 180 Å². The van der Waals surface area contributed by atoms with Crippen molar-refractivity contribution in [2.75, 3.05) is 13.2 Å². The van der Waals surface area contributed by atoms with Gasteiger partial charge in [-0.1, -0.05) is 0 Å². The molecule has 0 aromatic heterocycles. The summed E-state index contributed by atoms with van der Waals surface area (Å²) in [6, 6.07) is 3.22. The van der Waals surface area contributed by atoms with Crippen LogP contribution in [0.4, 0.5) is 0 Å². The zero-order chi connectivity index (χ0) is 81.5. The molecule has 8 aromatic carbocycles. The van der Waals surface area contributed by atoms with E-state index in [1.807, 2.05) is 0 Å². The molecule has 5 heterocycles. The van der Waals surface area contributed by atoms with Crippen LogP contribution < -0.4 is 4.74 Å². The van der Waals surface area contributed by atoms with E-state index in [-0.39, 0.29) is 12.1 Å². The average molecular weight is 1570 g/mol. The minimum Gasteiger partial charge on any atom is -0.504 e. The van der Waals surface area contributed by atoms with E-state index in [4.69, 9.17) is 52.1 Å². The lowest BCUT2D eigenvalue weighted by Crippen LogP contribution is -2.63. The van der Waals surface area contributed by atoms with Gasteiger partial charge in [0.05, 0.1) is 44.5 Å². The zero-order valence-corrected chi connectivity index (χ0v) is 54.8. The molecule has 10 atom stereocenters. The molecule has 0 radical (unpaired) electrons. The van der Waals surface area contributed by atoms with E-state index in [1.54, 1.807) is 0 Å². The molecule has 0 amide bonds. The van der Waals surface area contributed by atoms with Gasteiger partial charge in [0.2, 0.25) is 64.7 Å². The summed E-state index contributed by atoms with van der Waals surface area (Å²) in [6.45, 7) is -2.81. The van der Waals surface area contributed by atoms with Gasteiger partial charge in [-0.05, 0) is 54.6 Å². The summed E-state index contributed by atoms with van der Waals surface area (Å²) in [6.07, 6.45) is -26.2. The Kier molecular flexibility index (Phi) is 18.1. The Balaban J connectivity index is 0.917. The minimum atomic E-state index is -2.89. The van der Waals surface area contributed by atoms with Crippen LogP contribution in [0.2, 0.25) is 0 Å².